The third-order valence-corrected chi connectivity index (χ3v) is 5.80. The largest absolute Gasteiger partial charge is 0.492 e. The van der Waals surface area contributed by atoms with E-state index in [1.54, 1.807) is 0 Å². The van der Waals surface area contributed by atoms with Gasteiger partial charge >= 0.3 is 6.09 Å². The molecule has 0 unspecified atom stereocenters. The van der Waals surface area contributed by atoms with Gasteiger partial charge in [-0.15, -0.1) is 10.2 Å². The molecule has 1 aliphatic rings. The molecule has 0 spiro atoms. The maximum atomic E-state index is 11.8. The summed E-state index contributed by atoms with van der Waals surface area (Å²) in [7, 11) is 0. The molecule has 1 saturated heterocycles. The van der Waals surface area contributed by atoms with Crippen molar-refractivity contribution < 1.29 is 19.0 Å². The molecule has 2 N–H and O–H groups in total. The number of morpholine rings is 1. The van der Waals surface area contributed by atoms with Crippen molar-refractivity contribution in [2.24, 2.45) is 0 Å². The summed E-state index contributed by atoms with van der Waals surface area (Å²) in [6, 6.07) is 5.93. The fraction of sp³-hybridized carbons (Fsp3) is 0.600. The molecule has 0 aliphatic carbocycles. The van der Waals surface area contributed by atoms with Crippen LogP contribution in [0.4, 0.5) is 10.6 Å². The molecule has 11 heteroatoms. The van der Waals surface area contributed by atoms with Crippen LogP contribution in [-0.4, -0.2) is 88.7 Å². The summed E-state index contributed by atoms with van der Waals surface area (Å²) in [5, 5.41) is 14.8. The van der Waals surface area contributed by atoms with Crippen molar-refractivity contribution in [3.63, 3.8) is 0 Å². The maximum absolute atomic E-state index is 11.8. The molecule has 1 aliphatic heterocycles. The zero-order valence-corrected chi connectivity index (χ0v) is 21.7. The molecular weight excluding hydrogens is 462 g/mol. The Kier molecular flexibility index (Phi) is 8.42. The predicted molar refractivity (Wildman–Crippen MR) is 138 cm³/mol. The summed E-state index contributed by atoms with van der Waals surface area (Å²) >= 11 is 0. The molecule has 3 heterocycles. The molecule has 0 radical (unpaired) electrons. The van der Waals surface area contributed by atoms with Crippen LogP contribution in [0, 0.1) is 6.92 Å². The lowest BCUT2D eigenvalue weighted by Gasteiger charge is -2.26. The summed E-state index contributed by atoms with van der Waals surface area (Å²) < 4.78 is 18.7. The molecule has 0 atom stereocenters. The highest BCUT2D eigenvalue weighted by Crippen LogP contribution is 2.25. The van der Waals surface area contributed by atoms with Crippen LogP contribution in [0.5, 0.6) is 5.75 Å². The van der Waals surface area contributed by atoms with Crippen molar-refractivity contribution in [2.75, 3.05) is 57.9 Å². The van der Waals surface area contributed by atoms with Crippen molar-refractivity contribution in [1.29, 1.82) is 0 Å². The number of fused-ring (bicyclic) bond motifs is 3. The fourth-order valence-corrected chi connectivity index (χ4v) is 4.04. The van der Waals surface area contributed by atoms with E-state index in [-0.39, 0.29) is 0 Å². The first-order valence-corrected chi connectivity index (χ1v) is 12.6. The summed E-state index contributed by atoms with van der Waals surface area (Å²) in [5.41, 5.74) is 1.93. The van der Waals surface area contributed by atoms with Crippen molar-refractivity contribution in [3.05, 3.63) is 24.0 Å². The van der Waals surface area contributed by atoms with Gasteiger partial charge in [0.15, 0.2) is 5.82 Å². The topological polar surface area (TPSA) is 115 Å². The van der Waals surface area contributed by atoms with Gasteiger partial charge in [-0.1, -0.05) is 0 Å². The quantitative estimate of drug-likeness (QED) is 0.406. The second kappa shape index (κ2) is 11.7. The van der Waals surface area contributed by atoms with Crippen molar-refractivity contribution in [3.8, 4) is 5.75 Å². The van der Waals surface area contributed by atoms with E-state index in [1.807, 2.05) is 50.3 Å². The highest BCUT2D eigenvalue weighted by Gasteiger charge is 2.16. The fourth-order valence-electron chi connectivity index (χ4n) is 4.04. The van der Waals surface area contributed by atoms with Crippen LogP contribution in [0.3, 0.4) is 0 Å². The Labute approximate surface area is 211 Å². The number of nitrogens with one attached hydrogen (secondary N) is 2. The van der Waals surface area contributed by atoms with Crippen LogP contribution in [0.2, 0.25) is 0 Å². The molecule has 2 aromatic heterocycles. The number of aromatic nitrogens is 4. The second-order valence-electron chi connectivity index (χ2n) is 9.88. The Morgan fingerprint density at radius 1 is 1.14 bits per heavy atom. The second-order valence-corrected chi connectivity index (χ2v) is 9.88. The first-order chi connectivity index (χ1) is 17.3. The van der Waals surface area contributed by atoms with Gasteiger partial charge in [-0.25, -0.2) is 9.78 Å². The Bertz CT molecular complexity index is 1170. The first kappa shape index (κ1) is 25.9. The van der Waals surface area contributed by atoms with E-state index in [2.05, 4.69) is 25.7 Å². The monoisotopic (exact) mass is 499 g/mol. The lowest BCUT2D eigenvalue weighted by Crippen LogP contribution is -2.38. The normalized spacial score (nSPS) is 14.8. The minimum atomic E-state index is -0.497. The lowest BCUT2D eigenvalue weighted by molar-refractivity contribution is 0.0322. The van der Waals surface area contributed by atoms with Gasteiger partial charge in [-0.05, 0) is 52.7 Å². The molecule has 0 saturated carbocycles. The smallest absolute Gasteiger partial charge is 0.407 e. The molecule has 11 nitrogen and oxygen atoms in total. The number of carbonyl (C=O) groups is 1. The maximum Gasteiger partial charge on any atom is 0.407 e. The van der Waals surface area contributed by atoms with Gasteiger partial charge in [-0.3, -0.25) is 9.30 Å². The van der Waals surface area contributed by atoms with Crippen LogP contribution >= 0.6 is 0 Å². The molecule has 0 bridgehead atoms. The highest BCUT2D eigenvalue weighted by atomic mass is 16.6. The molecule has 1 fully saturated rings. The summed E-state index contributed by atoms with van der Waals surface area (Å²) in [5.74, 6) is 2.25. The van der Waals surface area contributed by atoms with Crippen molar-refractivity contribution in [1.82, 2.24) is 29.8 Å². The summed E-state index contributed by atoms with van der Waals surface area (Å²) in [4.78, 5) is 18.9. The van der Waals surface area contributed by atoms with E-state index in [9.17, 15) is 4.79 Å². The van der Waals surface area contributed by atoms with Crippen LogP contribution in [0.1, 0.15) is 39.4 Å². The number of unbranched alkanes of at least 4 members (excludes halogenated alkanes) is 1. The Morgan fingerprint density at radius 3 is 2.69 bits per heavy atom. The van der Waals surface area contributed by atoms with Gasteiger partial charge in [-0.2, -0.15) is 0 Å². The number of rotatable bonds is 10. The number of benzene rings is 1. The van der Waals surface area contributed by atoms with E-state index >= 15 is 0 Å². The Hall–Kier alpha value is -3.18. The number of nitrogens with zero attached hydrogens (tertiary/aromatic N) is 5. The van der Waals surface area contributed by atoms with E-state index in [0.717, 1.165) is 68.3 Å². The Balaban J connectivity index is 1.35. The standard InChI is InChI=1S/C25H37N7O4/c1-18-29-30-23-22(26-9-5-6-10-27-24(33)36-25(2,3)4)28-20-17-19(7-8-21(20)32(18)23)35-16-13-31-11-14-34-15-12-31/h7-8,17H,5-6,9-16H2,1-4H3,(H,26,28)(H,27,33). The minimum absolute atomic E-state index is 0.393. The number of hydrogen-bond acceptors (Lipinski definition) is 9. The minimum Gasteiger partial charge on any atom is -0.492 e. The highest BCUT2D eigenvalue weighted by molar-refractivity contribution is 5.84. The first-order valence-electron chi connectivity index (χ1n) is 12.6. The molecule has 36 heavy (non-hydrogen) atoms. The molecule has 3 aromatic rings. The zero-order valence-electron chi connectivity index (χ0n) is 21.7. The van der Waals surface area contributed by atoms with Crippen LogP contribution < -0.4 is 15.4 Å². The summed E-state index contributed by atoms with van der Waals surface area (Å²) in [6.45, 7) is 13.6. The number of amides is 1. The predicted octanol–water partition coefficient (Wildman–Crippen LogP) is 3.01. The summed E-state index contributed by atoms with van der Waals surface area (Å²) in [6.07, 6.45) is 1.26. The van der Waals surface area contributed by atoms with Gasteiger partial charge in [0.2, 0.25) is 5.65 Å². The third kappa shape index (κ3) is 6.94. The molecule has 1 amide bonds. The number of hydrogen-bond donors (Lipinski definition) is 2. The van der Waals surface area contributed by atoms with Gasteiger partial charge in [0.25, 0.3) is 0 Å². The van der Waals surface area contributed by atoms with Gasteiger partial charge in [0, 0.05) is 38.8 Å². The number of aryl methyl sites for hydroxylation is 1. The van der Waals surface area contributed by atoms with Crippen LogP contribution in [0.25, 0.3) is 16.7 Å². The Morgan fingerprint density at radius 2 is 1.92 bits per heavy atom. The lowest BCUT2D eigenvalue weighted by atomic mass is 10.2. The van der Waals surface area contributed by atoms with E-state index in [0.29, 0.717) is 31.2 Å². The molecular formula is C25H37N7O4. The number of ether oxygens (including phenoxy) is 3. The van der Waals surface area contributed by atoms with E-state index in [1.165, 1.54) is 0 Å². The van der Waals surface area contributed by atoms with Crippen LogP contribution in [0.15, 0.2) is 18.2 Å². The third-order valence-electron chi connectivity index (χ3n) is 5.80. The van der Waals surface area contributed by atoms with Gasteiger partial charge < -0.3 is 24.8 Å². The van der Waals surface area contributed by atoms with Gasteiger partial charge in [0.1, 0.15) is 23.8 Å². The zero-order chi connectivity index (χ0) is 25.5. The molecule has 196 valence electrons. The average Bonchev–Trinajstić information content (AvgIpc) is 3.22. The molecule has 4 rings (SSSR count). The molecule has 1 aromatic carbocycles. The number of anilines is 1. The van der Waals surface area contributed by atoms with Crippen molar-refractivity contribution >= 4 is 28.6 Å². The average molecular weight is 500 g/mol. The van der Waals surface area contributed by atoms with Crippen LogP contribution in [-0.2, 0) is 9.47 Å². The van der Waals surface area contributed by atoms with Crippen molar-refractivity contribution in [2.45, 2.75) is 46.1 Å². The number of alkyl carbamates (subject to hydrolysis) is 1. The SMILES string of the molecule is Cc1nnc2c(NCCCCNC(=O)OC(C)(C)C)nc3cc(OCCN4CCOCC4)ccc3n12. The van der Waals surface area contributed by atoms with E-state index < -0.39 is 11.7 Å². The van der Waals surface area contributed by atoms with E-state index in [4.69, 9.17) is 19.2 Å². The van der Waals surface area contributed by atoms with Gasteiger partial charge in [0.05, 0.1) is 24.2 Å². The number of carbonyl (C=O) groups excluding carboxylic acids is 1.